The van der Waals surface area contributed by atoms with Crippen molar-refractivity contribution in [1.82, 2.24) is 4.72 Å². The molecule has 2 unspecified atom stereocenters. The highest BCUT2D eigenvalue weighted by atomic mass is 32.2. The van der Waals surface area contributed by atoms with E-state index in [0.29, 0.717) is 12.0 Å². The lowest BCUT2D eigenvalue weighted by Gasteiger charge is -2.42. The summed E-state index contributed by atoms with van der Waals surface area (Å²) in [5, 5.41) is 0. The van der Waals surface area contributed by atoms with Gasteiger partial charge in [0.2, 0.25) is 10.0 Å². The Morgan fingerprint density at radius 3 is 2.28 bits per heavy atom. The van der Waals surface area contributed by atoms with Gasteiger partial charge in [0.25, 0.3) is 0 Å². The molecule has 25 heavy (non-hydrogen) atoms. The molecule has 2 atom stereocenters. The minimum absolute atomic E-state index is 0.0125. The smallest absolute Gasteiger partial charge is 0.241 e. The lowest BCUT2D eigenvalue weighted by atomic mass is 9.74. The van der Waals surface area contributed by atoms with Gasteiger partial charge in [-0.25, -0.2) is 21.6 Å². The van der Waals surface area contributed by atoms with E-state index in [1.807, 2.05) is 6.92 Å². The molecule has 0 aromatic heterocycles. The second-order valence-corrected chi connectivity index (χ2v) is 10.9. The number of aryl methyl sites for hydroxylation is 1. The van der Waals surface area contributed by atoms with E-state index in [-0.39, 0.29) is 27.8 Å². The fourth-order valence-corrected chi connectivity index (χ4v) is 6.71. The summed E-state index contributed by atoms with van der Waals surface area (Å²) in [5.41, 5.74) is 6.11. The molecule has 0 radical (unpaired) electrons. The molecule has 1 aromatic carbocycles. The van der Waals surface area contributed by atoms with Crippen LogP contribution in [0.1, 0.15) is 43.7 Å². The largest absolute Gasteiger partial charge is 0.329 e. The lowest BCUT2D eigenvalue weighted by Crippen LogP contribution is -2.59. The van der Waals surface area contributed by atoms with Crippen molar-refractivity contribution in [2.24, 2.45) is 11.7 Å². The Balaban J connectivity index is 2.55. The molecule has 1 aromatic rings. The minimum Gasteiger partial charge on any atom is -0.329 e. The normalized spacial score (nSPS) is 25.1. The van der Waals surface area contributed by atoms with Gasteiger partial charge in [0, 0.05) is 18.3 Å². The number of sulfone groups is 1. The van der Waals surface area contributed by atoms with Crippen LogP contribution < -0.4 is 10.5 Å². The lowest BCUT2D eigenvalue weighted by molar-refractivity contribution is 0.191. The molecule has 2 rings (SSSR count). The van der Waals surface area contributed by atoms with Crippen molar-refractivity contribution < 1.29 is 16.8 Å². The summed E-state index contributed by atoms with van der Waals surface area (Å²) < 4.78 is 53.0. The van der Waals surface area contributed by atoms with Crippen LogP contribution in [0.4, 0.5) is 0 Å². The van der Waals surface area contributed by atoms with Crippen LogP contribution in [0.15, 0.2) is 21.9 Å². The van der Waals surface area contributed by atoms with Gasteiger partial charge in [-0.3, -0.25) is 0 Å². The summed E-state index contributed by atoms with van der Waals surface area (Å²) >= 11 is 0. The maximum absolute atomic E-state index is 13.1. The summed E-state index contributed by atoms with van der Waals surface area (Å²) in [7, 11) is -7.41. The van der Waals surface area contributed by atoms with Crippen LogP contribution in [-0.2, 0) is 19.9 Å². The van der Waals surface area contributed by atoms with Gasteiger partial charge in [0.1, 0.15) is 0 Å². The van der Waals surface area contributed by atoms with Crippen LogP contribution in [0.2, 0.25) is 0 Å². The zero-order valence-corrected chi connectivity index (χ0v) is 16.9. The van der Waals surface area contributed by atoms with E-state index in [9.17, 15) is 16.8 Å². The molecule has 0 amide bonds. The Hall–Kier alpha value is -0.960. The standard InChI is InChI=1S/C17H28N2O4S2/c1-12-9-15(24(4,20)21)14(3)16(10-12)25(22,23)19-17(11-18)8-6-5-7-13(17)2/h9-10,13,19H,5-8,11,18H2,1-4H3. The first-order valence-electron chi connectivity index (χ1n) is 8.48. The Morgan fingerprint density at radius 1 is 1.16 bits per heavy atom. The van der Waals surface area contributed by atoms with Crippen LogP contribution in [-0.4, -0.2) is 35.2 Å². The topological polar surface area (TPSA) is 106 Å². The molecular weight excluding hydrogens is 360 g/mol. The molecule has 1 saturated carbocycles. The number of benzene rings is 1. The number of hydrogen-bond acceptors (Lipinski definition) is 5. The summed E-state index contributed by atoms with van der Waals surface area (Å²) in [6, 6.07) is 3.02. The Morgan fingerprint density at radius 2 is 1.76 bits per heavy atom. The second kappa shape index (κ2) is 6.98. The van der Waals surface area contributed by atoms with E-state index in [1.165, 1.54) is 19.1 Å². The molecule has 0 aliphatic heterocycles. The third-order valence-electron chi connectivity index (χ3n) is 5.30. The van der Waals surface area contributed by atoms with Gasteiger partial charge in [-0.2, -0.15) is 0 Å². The van der Waals surface area contributed by atoms with Crippen molar-refractivity contribution in [2.75, 3.05) is 12.8 Å². The van der Waals surface area contributed by atoms with Crippen LogP contribution in [0.25, 0.3) is 0 Å². The highest BCUT2D eigenvalue weighted by molar-refractivity contribution is 7.91. The number of nitrogens with two attached hydrogens (primary N) is 1. The first-order chi connectivity index (χ1) is 11.4. The van der Waals surface area contributed by atoms with Crippen molar-refractivity contribution in [1.29, 1.82) is 0 Å². The van der Waals surface area contributed by atoms with E-state index in [1.54, 1.807) is 6.92 Å². The van der Waals surface area contributed by atoms with Gasteiger partial charge in [-0.05, 0) is 55.9 Å². The maximum Gasteiger partial charge on any atom is 0.241 e. The molecule has 0 heterocycles. The highest BCUT2D eigenvalue weighted by Crippen LogP contribution is 2.35. The average Bonchev–Trinajstić information content (AvgIpc) is 2.50. The SMILES string of the molecule is Cc1cc(S(C)(=O)=O)c(C)c(S(=O)(=O)NC2(CN)CCCCC2C)c1. The Labute approximate surface area is 151 Å². The second-order valence-electron chi connectivity index (χ2n) is 7.27. The summed E-state index contributed by atoms with van der Waals surface area (Å²) in [6.07, 6.45) is 4.68. The molecular formula is C17H28N2O4S2. The first-order valence-corrected chi connectivity index (χ1v) is 11.9. The van der Waals surface area contributed by atoms with E-state index in [2.05, 4.69) is 4.72 Å². The monoisotopic (exact) mass is 388 g/mol. The van der Waals surface area contributed by atoms with Crippen LogP contribution >= 0.6 is 0 Å². The number of sulfonamides is 1. The van der Waals surface area contributed by atoms with Crippen molar-refractivity contribution in [3.05, 3.63) is 23.3 Å². The molecule has 8 heteroatoms. The van der Waals surface area contributed by atoms with Crippen molar-refractivity contribution in [2.45, 2.75) is 61.8 Å². The van der Waals surface area contributed by atoms with Gasteiger partial charge in [-0.15, -0.1) is 0 Å². The van der Waals surface area contributed by atoms with Crippen molar-refractivity contribution in [3.63, 3.8) is 0 Å². The van der Waals surface area contributed by atoms with Crippen LogP contribution in [0, 0.1) is 19.8 Å². The highest BCUT2D eigenvalue weighted by Gasteiger charge is 2.41. The summed E-state index contributed by atoms with van der Waals surface area (Å²) in [5.74, 6) is 0.125. The molecule has 142 valence electrons. The molecule has 0 bridgehead atoms. The fraction of sp³-hybridized carbons (Fsp3) is 0.647. The molecule has 1 fully saturated rings. The number of nitrogens with one attached hydrogen (secondary N) is 1. The van der Waals surface area contributed by atoms with E-state index < -0.39 is 25.4 Å². The van der Waals surface area contributed by atoms with Crippen LogP contribution in [0.3, 0.4) is 0 Å². The average molecular weight is 389 g/mol. The molecule has 1 aliphatic carbocycles. The maximum atomic E-state index is 13.1. The van der Waals surface area contributed by atoms with Crippen molar-refractivity contribution >= 4 is 19.9 Å². The molecule has 0 saturated heterocycles. The molecule has 6 nitrogen and oxygen atoms in total. The van der Waals surface area contributed by atoms with Gasteiger partial charge in [0.05, 0.1) is 9.79 Å². The third kappa shape index (κ3) is 4.07. The Kier molecular flexibility index (Phi) is 5.68. The first kappa shape index (κ1) is 20.4. The number of hydrogen-bond donors (Lipinski definition) is 2. The zero-order valence-electron chi connectivity index (χ0n) is 15.3. The fourth-order valence-electron chi connectivity index (χ4n) is 3.69. The van der Waals surface area contributed by atoms with Gasteiger partial charge in [-0.1, -0.05) is 19.8 Å². The molecule has 0 spiro atoms. The van der Waals surface area contributed by atoms with E-state index in [0.717, 1.165) is 25.5 Å². The van der Waals surface area contributed by atoms with Crippen LogP contribution in [0.5, 0.6) is 0 Å². The predicted molar refractivity (Wildman–Crippen MR) is 98.8 cm³/mol. The predicted octanol–water partition coefficient (Wildman–Crippen LogP) is 1.89. The van der Waals surface area contributed by atoms with E-state index in [4.69, 9.17) is 5.73 Å². The van der Waals surface area contributed by atoms with Crippen molar-refractivity contribution in [3.8, 4) is 0 Å². The quantitative estimate of drug-likeness (QED) is 0.801. The minimum atomic E-state index is -3.89. The van der Waals surface area contributed by atoms with Gasteiger partial charge >= 0.3 is 0 Å². The Bertz CT molecular complexity index is 863. The van der Waals surface area contributed by atoms with Gasteiger partial charge in [0.15, 0.2) is 9.84 Å². The van der Waals surface area contributed by atoms with E-state index >= 15 is 0 Å². The van der Waals surface area contributed by atoms with Gasteiger partial charge < -0.3 is 5.73 Å². The molecule has 1 aliphatic rings. The summed E-state index contributed by atoms with van der Waals surface area (Å²) in [4.78, 5) is 0.0601. The number of rotatable bonds is 5. The molecule has 3 N–H and O–H groups in total. The zero-order chi connectivity index (χ0) is 19.0. The summed E-state index contributed by atoms with van der Waals surface area (Å²) in [6.45, 7) is 5.45. The third-order valence-corrected chi connectivity index (χ3v) is 8.20.